The first-order valence-corrected chi connectivity index (χ1v) is 15.4. The fraction of sp³-hybridized carbons (Fsp3) is 0.455. The van der Waals surface area contributed by atoms with Gasteiger partial charge in [0.05, 0.1) is 32.0 Å². The molecule has 1 spiro atoms. The molecule has 2 atom stereocenters. The van der Waals surface area contributed by atoms with E-state index in [2.05, 4.69) is 51.8 Å². The van der Waals surface area contributed by atoms with Crippen LogP contribution in [0.1, 0.15) is 59.2 Å². The van der Waals surface area contributed by atoms with Gasteiger partial charge in [-0.25, -0.2) is 0 Å². The molecule has 3 saturated heterocycles. The van der Waals surface area contributed by atoms with Crippen molar-refractivity contribution in [1.82, 2.24) is 24.9 Å². The van der Waals surface area contributed by atoms with Crippen LogP contribution in [0.4, 0.5) is 0 Å². The van der Waals surface area contributed by atoms with Gasteiger partial charge >= 0.3 is 0 Å². The van der Waals surface area contributed by atoms with Crippen LogP contribution in [-0.2, 0) is 39.4 Å². The predicted molar refractivity (Wildman–Crippen MR) is 156 cm³/mol. The zero-order chi connectivity index (χ0) is 29.1. The van der Waals surface area contributed by atoms with Crippen LogP contribution in [0.2, 0.25) is 0 Å². The molecule has 0 saturated carbocycles. The molecule has 43 heavy (non-hydrogen) atoms. The number of fused-ring (bicyclic) bond motifs is 4. The molecule has 2 aromatic carbocycles. The predicted octanol–water partition coefficient (Wildman–Crippen LogP) is 3.03. The van der Waals surface area contributed by atoms with Crippen molar-refractivity contribution in [2.75, 3.05) is 26.3 Å². The Balaban J connectivity index is 0.934. The van der Waals surface area contributed by atoms with Crippen LogP contribution in [0, 0.1) is 0 Å². The molecular formula is C33H35N5O5. The minimum absolute atomic E-state index is 0.0630. The van der Waals surface area contributed by atoms with E-state index in [-0.39, 0.29) is 29.8 Å². The molecule has 1 N–H and O–H groups in total. The number of rotatable bonds is 6. The zero-order valence-electron chi connectivity index (χ0n) is 24.1. The number of carbonyl (C=O) groups is 3. The molecule has 8 rings (SSSR count). The second-order valence-corrected chi connectivity index (χ2v) is 12.6. The second kappa shape index (κ2) is 10.3. The second-order valence-electron chi connectivity index (χ2n) is 12.6. The lowest BCUT2D eigenvalue weighted by molar-refractivity contribution is -0.136. The summed E-state index contributed by atoms with van der Waals surface area (Å²) in [5.74, 6) is -0.00342. The minimum atomic E-state index is -0.622. The monoisotopic (exact) mass is 581 g/mol. The Hall–Kier alpha value is -4.02. The summed E-state index contributed by atoms with van der Waals surface area (Å²) in [7, 11) is 0. The SMILES string of the molecule is O=C1CC[C@H](N2Cc3c(ccc4c3OCC43CCN(Cc4cccc(-c5cnn(C[C@@H]6CCO6)c5)c4)CC3)C2=O)C(=O)N1. The van der Waals surface area contributed by atoms with E-state index >= 15 is 0 Å². The smallest absolute Gasteiger partial charge is 0.255 e. The lowest BCUT2D eigenvalue weighted by Gasteiger charge is -2.38. The van der Waals surface area contributed by atoms with E-state index in [9.17, 15) is 14.4 Å². The van der Waals surface area contributed by atoms with Gasteiger partial charge in [0.15, 0.2) is 0 Å². The zero-order valence-corrected chi connectivity index (χ0v) is 24.1. The van der Waals surface area contributed by atoms with Crippen LogP contribution >= 0.6 is 0 Å². The van der Waals surface area contributed by atoms with E-state index in [0.717, 1.165) is 68.9 Å². The van der Waals surface area contributed by atoms with Crippen LogP contribution in [0.5, 0.6) is 5.75 Å². The van der Waals surface area contributed by atoms with E-state index in [4.69, 9.17) is 9.47 Å². The molecular weight excluding hydrogens is 546 g/mol. The lowest BCUT2D eigenvalue weighted by Crippen LogP contribution is -2.52. The number of nitrogens with one attached hydrogen (secondary N) is 1. The van der Waals surface area contributed by atoms with Crippen molar-refractivity contribution in [3.8, 4) is 16.9 Å². The molecule has 0 aliphatic carbocycles. The van der Waals surface area contributed by atoms with Gasteiger partial charge in [0.2, 0.25) is 11.8 Å². The van der Waals surface area contributed by atoms with Crippen LogP contribution in [0.3, 0.4) is 0 Å². The Morgan fingerprint density at radius 2 is 1.91 bits per heavy atom. The Morgan fingerprint density at radius 1 is 1.05 bits per heavy atom. The van der Waals surface area contributed by atoms with Gasteiger partial charge in [-0.15, -0.1) is 0 Å². The number of ether oxygens (including phenoxy) is 2. The molecule has 10 heteroatoms. The highest BCUT2D eigenvalue weighted by molar-refractivity contribution is 6.05. The normalized spacial score (nSPS) is 24.5. The number of nitrogens with zero attached hydrogens (tertiary/aromatic N) is 4. The maximum absolute atomic E-state index is 13.3. The Morgan fingerprint density at radius 3 is 2.70 bits per heavy atom. The molecule has 222 valence electrons. The molecule has 0 unspecified atom stereocenters. The third-order valence-corrected chi connectivity index (χ3v) is 10.0. The summed E-state index contributed by atoms with van der Waals surface area (Å²) in [6, 6.07) is 12.1. The van der Waals surface area contributed by atoms with Crippen LogP contribution in [0.25, 0.3) is 11.1 Å². The fourth-order valence-corrected chi connectivity index (χ4v) is 7.39. The largest absolute Gasteiger partial charge is 0.492 e. The third kappa shape index (κ3) is 4.64. The molecule has 0 bridgehead atoms. The maximum atomic E-state index is 13.3. The van der Waals surface area contributed by atoms with Gasteiger partial charge in [0.1, 0.15) is 11.8 Å². The van der Waals surface area contributed by atoms with Crippen molar-refractivity contribution in [1.29, 1.82) is 0 Å². The summed E-state index contributed by atoms with van der Waals surface area (Å²) in [5, 5.41) is 6.92. The highest BCUT2D eigenvalue weighted by atomic mass is 16.5. The number of piperidine rings is 2. The molecule has 5 aliphatic heterocycles. The van der Waals surface area contributed by atoms with Gasteiger partial charge < -0.3 is 14.4 Å². The molecule has 3 aromatic rings. The van der Waals surface area contributed by atoms with Crippen LogP contribution in [0.15, 0.2) is 48.8 Å². The summed E-state index contributed by atoms with van der Waals surface area (Å²) in [6.07, 6.45) is 8.01. The summed E-state index contributed by atoms with van der Waals surface area (Å²) in [4.78, 5) is 41.5. The molecule has 1 aromatic heterocycles. The summed E-state index contributed by atoms with van der Waals surface area (Å²) < 4.78 is 13.9. The van der Waals surface area contributed by atoms with E-state index < -0.39 is 11.9 Å². The van der Waals surface area contributed by atoms with Crippen molar-refractivity contribution in [3.63, 3.8) is 0 Å². The van der Waals surface area contributed by atoms with Gasteiger partial charge in [0, 0.05) is 53.4 Å². The van der Waals surface area contributed by atoms with Crippen molar-refractivity contribution in [2.24, 2.45) is 0 Å². The highest BCUT2D eigenvalue weighted by Gasteiger charge is 2.47. The standard InChI is InChI=1S/C33H35N5O5/c39-29-7-6-28(31(40)35-29)38-19-26-25(32(38)41)4-5-27-30(26)43-20-33(27)9-11-36(12-10-33)16-21-2-1-3-22(14-21)23-15-34-37(17-23)18-24-8-13-42-24/h1-5,14-15,17,24,28H,6-13,16,18-20H2,(H,35,39,40)/t24-,28-/m0/s1. The summed E-state index contributed by atoms with van der Waals surface area (Å²) >= 11 is 0. The van der Waals surface area contributed by atoms with Crippen molar-refractivity contribution >= 4 is 17.7 Å². The van der Waals surface area contributed by atoms with Gasteiger partial charge in [-0.3, -0.25) is 29.3 Å². The first-order chi connectivity index (χ1) is 21.0. The first-order valence-electron chi connectivity index (χ1n) is 15.4. The van der Waals surface area contributed by atoms with Crippen LogP contribution < -0.4 is 10.1 Å². The average Bonchev–Trinajstić information content (AvgIpc) is 3.69. The van der Waals surface area contributed by atoms with Crippen LogP contribution in [-0.4, -0.2) is 75.8 Å². The van der Waals surface area contributed by atoms with E-state index in [1.54, 1.807) is 4.90 Å². The molecule has 10 nitrogen and oxygen atoms in total. The van der Waals surface area contributed by atoms with E-state index in [1.165, 1.54) is 16.7 Å². The Labute approximate surface area is 249 Å². The summed E-state index contributed by atoms with van der Waals surface area (Å²) in [6.45, 7) is 5.43. The molecule has 3 fully saturated rings. The minimum Gasteiger partial charge on any atom is -0.492 e. The van der Waals surface area contributed by atoms with Crippen molar-refractivity contribution in [3.05, 3.63) is 71.0 Å². The van der Waals surface area contributed by atoms with Gasteiger partial charge in [-0.05, 0) is 62.0 Å². The van der Waals surface area contributed by atoms with Gasteiger partial charge in [-0.2, -0.15) is 5.10 Å². The highest BCUT2D eigenvalue weighted by Crippen LogP contribution is 2.49. The molecule has 5 aliphatic rings. The van der Waals surface area contributed by atoms with Gasteiger partial charge in [-0.1, -0.05) is 24.3 Å². The van der Waals surface area contributed by atoms with E-state index in [0.29, 0.717) is 25.1 Å². The Kier molecular flexibility index (Phi) is 6.38. The third-order valence-electron chi connectivity index (χ3n) is 10.0. The lowest BCUT2D eigenvalue weighted by atomic mass is 9.74. The molecule has 6 heterocycles. The summed E-state index contributed by atoms with van der Waals surface area (Å²) in [5.41, 5.74) is 6.21. The number of hydrogen-bond acceptors (Lipinski definition) is 7. The van der Waals surface area contributed by atoms with Crippen molar-refractivity contribution < 1.29 is 23.9 Å². The number of likely N-dealkylation sites (tertiary alicyclic amines) is 1. The maximum Gasteiger partial charge on any atom is 0.255 e. The number of aromatic nitrogens is 2. The average molecular weight is 582 g/mol. The number of benzene rings is 2. The first kappa shape index (κ1) is 26.6. The fourth-order valence-electron chi connectivity index (χ4n) is 7.39. The topological polar surface area (TPSA) is 106 Å². The van der Waals surface area contributed by atoms with E-state index in [1.807, 2.05) is 16.9 Å². The Bertz CT molecular complexity index is 1620. The molecule has 0 radical (unpaired) electrons. The quantitative estimate of drug-likeness (QED) is 0.446. The molecule has 3 amide bonds. The van der Waals surface area contributed by atoms with Gasteiger partial charge in [0.25, 0.3) is 5.91 Å². The number of carbonyl (C=O) groups excluding carboxylic acids is 3. The number of amides is 3. The number of imide groups is 1. The van der Waals surface area contributed by atoms with Crippen molar-refractivity contribution in [2.45, 2.75) is 69.3 Å². The number of hydrogen-bond donors (Lipinski definition) is 1.